The SMILES string of the molecule is CC(C)N(C)c1c(F)cccc1F. The second-order valence-corrected chi connectivity index (χ2v) is 3.27. The van der Waals surface area contributed by atoms with Gasteiger partial charge >= 0.3 is 0 Å². The van der Waals surface area contributed by atoms with Crippen molar-refractivity contribution < 1.29 is 8.78 Å². The van der Waals surface area contributed by atoms with E-state index in [9.17, 15) is 8.78 Å². The van der Waals surface area contributed by atoms with E-state index in [2.05, 4.69) is 0 Å². The molecule has 0 N–H and O–H groups in total. The number of halogens is 2. The van der Waals surface area contributed by atoms with Crippen molar-refractivity contribution in [1.82, 2.24) is 0 Å². The molecule has 1 aromatic rings. The second kappa shape index (κ2) is 3.73. The first-order valence-corrected chi connectivity index (χ1v) is 4.21. The average Bonchev–Trinajstić information content (AvgIpc) is 2.03. The van der Waals surface area contributed by atoms with Gasteiger partial charge in [0.25, 0.3) is 0 Å². The molecular weight excluding hydrogens is 172 g/mol. The van der Waals surface area contributed by atoms with Crippen LogP contribution in [0.15, 0.2) is 18.2 Å². The molecule has 1 rings (SSSR count). The Hall–Kier alpha value is -1.12. The molecule has 0 saturated carbocycles. The minimum absolute atomic E-state index is 0.0394. The van der Waals surface area contributed by atoms with Crippen molar-refractivity contribution in [3.05, 3.63) is 29.8 Å². The van der Waals surface area contributed by atoms with Gasteiger partial charge in [0.05, 0.1) is 0 Å². The molecule has 1 nitrogen and oxygen atoms in total. The van der Waals surface area contributed by atoms with E-state index in [1.807, 2.05) is 13.8 Å². The Bertz CT molecular complexity index is 277. The van der Waals surface area contributed by atoms with Crippen molar-refractivity contribution in [3.63, 3.8) is 0 Å². The number of hydrogen-bond donors (Lipinski definition) is 0. The van der Waals surface area contributed by atoms with Crippen LogP contribution in [0, 0.1) is 11.6 Å². The van der Waals surface area contributed by atoms with Crippen LogP contribution in [-0.4, -0.2) is 13.1 Å². The lowest BCUT2D eigenvalue weighted by molar-refractivity contribution is 0.567. The van der Waals surface area contributed by atoms with E-state index < -0.39 is 11.6 Å². The summed E-state index contributed by atoms with van der Waals surface area (Å²) in [5.74, 6) is -1.03. The smallest absolute Gasteiger partial charge is 0.149 e. The van der Waals surface area contributed by atoms with Crippen LogP contribution in [0.4, 0.5) is 14.5 Å². The molecule has 0 aromatic heterocycles. The largest absolute Gasteiger partial charge is 0.367 e. The molecule has 0 saturated heterocycles. The van der Waals surface area contributed by atoms with Crippen LogP contribution < -0.4 is 4.90 Å². The fourth-order valence-electron chi connectivity index (χ4n) is 1.08. The maximum absolute atomic E-state index is 13.2. The van der Waals surface area contributed by atoms with Gasteiger partial charge in [-0.15, -0.1) is 0 Å². The van der Waals surface area contributed by atoms with Gasteiger partial charge in [-0.1, -0.05) is 6.07 Å². The lowest BCUT2D eigenvalue weighted by Gasteiger charge is -2.24. The van der Waals surface area contributed by atoms with E-state index in [4.69, 9.17) is 0 Å². The highest BCUT2D eigenvalue weighted by Gasteiger charge is 2.14. The van der Waals surface area contributed by atoms with Crippen LogP contribution in [0.25, 0.3) is 0 Å². The number of hydrogen-bond acceptors (Lipinski definition) is 1. The molecule has 0 amide bonds. The highest BCUT2D eigenvalue weighted by Crippen LogP contribution is 2.23. The number of para-hydroxylation sites is 1. The maximum atomic E-state index is 13.2. The highest BCUT2D eigenvalue weighted by atomic mass is 19.1. The van der Waals surface area contributed by atoms with Gasteiger partial charge < -0.3 is 4.90 Å². The van der Waals surface area contributed by atoms with E-state index in [0.717, 1.165) is 0 Å². The molecule has 13 heavy (non-hydrogen) atoms. The summed E-state index contributed by atoms with van der Waals surface area (Å²) in [6, 6.07) is 3.96. The van der Waals surface area contributed by atoms with Crippen LogP contribution in [-0.2, 0) is 0 Å². The molecule has 3 heteroatoms. The first-order chi connectivity index (χ1) is 6.04. The van der Waals surface area contributed by atoms with Gasteiger partial charge in [-0.05, 0) is 26.0 Å². The monoisotopic (exact) mass is 185 g/mol. The van der Waals surface area contributed by atoms with E-state index >= 15 is 0 Å². The zero-order valence-electron chi connectivity index (χ0n) is 8.01. The third kappa shape index (κ3) is 1.97. The molecule has 0 aliphatic heterocycles. The predicted molar refractivity (Wildman–Crippen MR) is 49.9 cm³/mol. The summed E-state index contributed by atoms with van der Waals surface area (Å²) in [5, 5.41) is 0. The molecule has 1 aromatic carbocycles. The predicted octanol–water partition coefficient (Wildman–Crippen LogP) is 2.81. The third-order valence-electron chi connectivity index (χ3n) is 2.06. The van der Waals surface area contributed by atoms with Crippen molar-refractivity contribution in [3.8, 4) is 0 Å². The molecule has 0 aliphatic carbocycles. The van der Waals surface area contributed by atoms with Gasteiger partial charge in [-0.2, -0.15) is 0 Å². The Kier molecular flexibility index (Phi) is 2.86. The summed E-state index contributed by atoms with van der Waals surface area (Å²) in [5.41, 5.74) is 0.0394. The van der Waals surface area contributed by atoms with Gasteiger partial charge in [-0.25, -0.2) is 8.78 Å². The van der Waals surface area contributed by atoms with Crippen LogP contribution >= 0.6 is 0 Å². The van der Waals surface area contributed by atoms with E-state index in [1.165, 1.54) is 18.2 Å². The van der Waals surface area contributed by atoms with E-state index in [1.54, 1.807) is 11.9 Å². The molecule has 0 atom stereocenters. The van der Waals surface area contributed by atoms with Crippen LogP contribution in [0.2, 0.25) is 0 Å². The van der Waals surface area contributed by atoms with Crippen molar-refractivity contribution in [2.24, 2.45) is 0 Å². The number of rotatable bonds is 2. The minimum atomic E-state index is -0.517. The fraction of sp³-hybridized carbons (Fsp3) is 0.400. The average molecular weight is 185 g/mol. The van der Waals surface area contributed by atoms with Gasteiger partial charge in [0, 0.05) is 13.1 Å². The zero-order valence-corrected chi connectivity index (χ0v) is 8.01. The second-order valence-electron chi connectivity index (χ2n) is 3.27. The summed E-state index contributed by atoms with van der Waals surface area (Å²) in [7, 11) is 1.67. The van der Waals surface area contributed by atoms with E-state index in [0.29, 0.717) is 0 Å². The van der Waals surface area contributed by atoms with Crippen molar-refractivity contribution in [1.29, 1.82) is 0 Å². The summed E-state index contributed by atoms with van der Waals surface area (Å²) >= 11 is 0. The topological polar surface area (TPSA) is 3.24 Å². The summed E-state index contributed by atoms with van der Waals surface area (Å²) in [4.78, 5) is 1.57. The van der Waals surface area contributed by atoms with Crippen LogP contribution in [0.3, 0.4) is 0 Å². The summed E-state index contributed by atoms with van der Waals surface area (Å²) < 4.78 is 26.4. The van der Waals surface area contributed by atoms with Crippen LogP contribution in [0.1, 0.15) is 13.8 Å². The Morgan fingerprint density at radius 2 is 1.62 bits per heavy atom. The molecule has 0 bridgehead atoms. The van der Waals surface area contributed by atoms with Gasteiger partial charge in [-0.3, -0.25) is 0 Å². The van der Waals surface area contributed by atoms with Crippen LogP contribution in [0.5, 0.6) is 0 Å². The number of anilines is 1. The van der Waals surface area contributed by atoms with Crippen molar-refractivity contribution >= 4 is 5.69 Å². The quantitative estimate of drug-likeness (QED) is 0.684. The normalized spacial score (nSPS) is 10.6. The Morgan fingerprint density at radius 3 is 2.00 bits per heavy atom. The standard InChI is InChI=1S/C10H13F2N/c1-7(2)13(3)10-8(11)5-4-6-9(10)12/h4-7H,1-3H3. The fourth-order valence-corrected chi connectivity index (χ4v) is 1.08. The highest BCUT2D eigenvalue weighted by molar-refractivity contribution is 5.48. The van der Waals surface area contributed by atoms with Gasteiger partial charge in [0.1, 0.15) is 17.3 Å². The number of nitrogens with zero attached hydrogens (tertiary/aromatic N) is 1. The van der Waals surface area contributed by atoms with Crippen molar-refractivity contribution in [2.45, 2.75) is 19.9 Å². The third-order valence-corrected chi connectivity index (χ3v) is 2.06. The molecule has 0 aliphatic rings. The molecule has 72 valence electrons. The zero-order chi connectivity index (χ0) is 10.0. The Labute approximate surface area is 77.0 Å². The summed E-state index contributed by atoms with van der Waals surface area (Å²) in [6.45, 7) is 3.76. The first-order valence-electron chi connectivity index (χ1n) is 4.21. The molecule has 0 unspecified atom stereocenters. The summed E-state index contributed by atoms with van der Waals surface area (Å²) in [6.07, 6.45) is 0. The number of benzene rings is 1. The molecule has 0 heterocycles. The molecule has 0 radical (unpaired) electrons. The lowest BCUT2D eigenvalue weighted by atomic mass is 10.2. The first kappa shape index (κ1) is 9.96. The molecule has 0 spiro atoms. The van der Waals surface area contributed by atoms with Crippen molar-refractivity contribution in [2.75, 3.05) is 11.9 Å². The molecular formula is C10H13F2N. The lowest BCUT2D eigenvalue weighted by Crippen LogP contribution is -2.27. The van der Waals surface area contributed by atoms with E-state index in [-0.39, 0.29) is 11.7 Å². The Morgan fingerprint density at radius 1 is 1.15 bits per heavy atom. The van der Waals surface area contributed by atoms with Gasteiger partial charge in [0.2, 0.25) is 0 Å². The maximum Gasteiger partial charge on any atom is 0.149 e. The van der Waals surface area contributed by atoms with Gasteiger partial charge in [0.15, 0.2) is 0 Å². The molecule has 0 fully saturated rings. The minimum Gasteiger partial charge on any atom is -0.367 e. The Balaban J connectivity index is 3.12.